The van der Waals surface area contributed by atoms with Crippen LogP contribution < -0.4 is 5.32 Å². The lowest BCUT2D eigenvalue weighted by Crippen LogP contribution is -2.11. The summed E-state index contributed by atoms with van der Waals surface area (Å²) < 4.78 is 13.4. The Morgan fingerprint density at radius 3 is 2.74 bits per heavy atom. The maximum Gasteiger partial charge on any atom is 0.276 e. The van der Waals surface area contributed by atoms with Gasteiger partial charge in [0.05, 0.1) is 36.5 Å². The van der Waals surface area contributed by atoms with Crippen LogP contribution >= 0.6 is 0 Å². The molecule has 1 aliphatic heterocycles. The molecule has 1 amide bonds. The topological polar surface area (TPSA) is 90.1 Å². The average Bonchev–Trinajstić information content (AvgIpc) is 3.44. The van der Waals surface area contributed by atoms with Gasteiger partial charge in [-0.3, -0.25) is 9.20 Å². The van der Waals surface area contributed by atoms with Crippen molar-refractivity contribution in [2.75, 3.05) is 25.1 Å². The maximum absolute atomic E-state index is 12.4. The molecule has 6 rings (SSSR count). The zero-order valence-electron chi connectivity index (χ0n) is 21.8. The molecule has 0 bridgehead atoms. The number of nitrogens with one attached hydrogen (secondary N) is 1. The van der Waals surface area contributed by atoms with Crippen LogP contribution in [0.1, 0.15) is 42.5 Å². The van der Waals surface area contributed by atoms with Crippen LogP contribution in [0.4, 0.5) is 5.82 Å². The Bertz CT molecular complexity index is 1500. The summed E-state index contributed by atoms with van der Waals surface area (Å²) in [7, 11) is 0. The van der Waals surface area contributed by atoms with Crippen LogP contribution in [0.2, 0.25) is 0 Å². The molecule has 1 atom stereocenters. The standard InChI is InChI=1S/C31H31N5O3/c37-31(34-25-14-15-25)24-12-10-23(11-13-24)28-20-33-30-29(32-16-19-38-17-4-8-26-9-5-18-39-26)35-27(21-36(28)30)22-6-2-1-3-7-22/h1-4,6-7,10-13,17,20-21,26H,5,8-9,14-16,18-19H2,(H,32,35)/b17-4+. The second-order valence-corrected chi connectivity index (χ2v) is 9.78. The van der Waals surface area contributed by atoms with E-state index < -0.39 is 0 Å². The molecule has 198 valence electrons. The monoisotopic (exact) mass is 521 g/mol. The largest absolute Gasteiger partial charge is 0.500 e. The van der Waals surface area contributed by atoms with Gasteiger partial charge in [-0.05, 0) is 50.3 Å². The Morgan fingerprint density at radius 1 is 1.13 bits per heavy atom. The van der Waals surface area contributed by atoms with E-state index in [1.165, 1.54) is 0 Å². The summed E-state index contributed by atoms with van der Waals surface area (Å²) in [5, 5.41) is 3.41. The molecule has 0 radical (unpaired) electrons. The zero-order chi connectivity index (χ0) is 26.4. The Labute approximate surface area is 227 Å². The van der Waals surface area contributed by atoms with E-state index in [1.807, 2.05) is 77.5 Å². The predicted molar refractivity (Wildman–Crippen MR) is 152 cm³/mol. The molecule has 2 fully saturated rings. The fraction of sp³-hybridized carbons (Fsp3) is 0.290. The lowest BCUT2D eigenvalue weighted by molar-refractivity contribution is 0.100. The van der Waals surface area contributed by atoms with Crippen LogP contribution in [0.25, 0.3) is 28.2 Å². The van der Waals surface area contributed by atoms with E-state index in [9.17, 15) is 4.79 Å². The van der Waals surface area contributed by atoms with Gasteiger partial charge >= 0.3 is 0 Å². The van der Waals surface area contributed by atoms with E-state index in [0.717, 1.165) is 72.6 Å². The van der Waals surface area contributed by atoms with E-state index >= 15 is 0 Å². The molecule has 8 heteroatoms. The maximum atomic E-state index is 12.4. The number of nitrogens with zero attached hydrogens (tertiary/aromatic N) is 4. The quantitative estimate of drug-likeness (QED) is 0.205. The van der Waals surface area contributed by atoms with Gasteiger partial charge in [0.1, 0.15) is 6.61 Å². The highest BCUT2D eigenvalue weighted by molar-refractivity contribution is 6.09. The predicted octanol–water partition coefficient (Wildman–Crippen LogP) is 5.95. The van der Waals surface area contributed by atoms with Gasteiger partial charge in [0.2, 0.25) is 0 Å². The number of fused-ring (bicyclic) bond motifs is 1. The van der Waals surface area contributed by atoms with Gasteiger partial charge in [-0.2, -0.15) is 0 Å². The number of rotatable bonds is 10. The van der Waals surface area contributed by atoms with Crippen molar-refractivity contribution >= 4 is 23.1 Å². The summed E-state index contributed by atoms with van der Waals surface area (Å²) in [5.74, 6) is 0.500. The van der Waals surface area contributed by atoms with Gasteiger partial charge in [-0.15, -0.1) is 0 Å². The van der Waals surface area contributed by atoms with Gasteiger partial charge in [0.15, 0.2) is 11.5 Å². The van der Waals surface area contributed by atoms with Gasteiger partial charge in [0, 0.05) is 35.2 Å². The van der Waals surface area contributed by atoms with Crippen molar-refractivity contribution in [1.82, 2.24) is 14.4 Å². The van der Waals surface area contributed by atoms with E-state index in [-0.39, 0.29) is 5.91 Å². The van der Waals surface area contributed by atoms with Crippen LogP contribution in [0.5, 0.6) is 0 Å². The van der Waals surface area contributed by atoms with Crippen LogP contribution in [0, 0.1) is 0 Å². The first-order valence-corrected chi connectivity index (χ1v) is 13.5. The molecule has 2 aromatic carbocycles. The summed E-state index contributed by atoms with van der Waals surface area (Å²) in [6, 6.07) is 17.6. The number of hydrogen-bond acceptors (Lipinski definition) is 6. The number of carbonyl (C=O) groups is 1. The summed E-state index contributed by atoms with van der Waals surface area (Å²) in [6.45, 7) is 1.94. The van der Waals surface area contributed by atoms with Crippen LogP contribution in [-0.2, 0) is 9.47 Å². The first kappa shape index (κ1) is 25.0. The van der Waals surface area contributed by atoms with Crippen molar-refractivity contribution in [3.8, 4) is 22.5 Å². The van der Waals surface area contributed by atoms with Crippen molar-refractivity contribution in [3.63, 3.8) is 0 Å². The molecule has 1 aliphatic carbocycles. The van der Waals surface area contributed by atoms with Crippen LogP contribution in [0.3, 0.4) is 0 Å². The molecular formula is C31H31N5O3. The van der Waals surface area contributed by atoms with Crippen molar-refractivity contribution in [3.05, 3.63) is 84.9 Å². The highest BCUT2D eigenvalue weighted by Crippen LogP contribution is 2.28. The number of imidazole rings is 1. The summed E-state index contributed by atoms with van der Waals surface area (Å²) in [4.78, 5) is 26.1. The third-order valence-electron chi connectivity index (χ3n) is 6.85. The fourth-order valence-corrected chi connectivity index (χ4v) is 4.63. The molecular weight excluding hydrogens is 490 g/mol. The lowest BCUT2D eigenvalue weighted by atomic mass is 10.1. The molecule has 1 N–H and O–H groups in total. The minimum atomic E-state index is -0.182. The third kappa shape index (κ3) is 6.07. The molecule has 0 spiro atoms. The zero-order valence-corrected chi connectivity index (χ0v) is 21.8. The van der Waals surface area contributed by atoms with Gasteiger partial charge in [0.25, 0.3) is 5.91 Å². The summed E-state index contributed by atoms with van der Waals surface area (Å²) in [5.41, 5.74) is 5.99. The fourth-order valence-electron chi connectivity index (χ4n) is 4.63. The second-order valence-electron chi connectivity index (χ2n) is 9.78. The smallest absolute Gasteiger partial charge is 0.276 e. The molecule has 1 saturated carbocycles. The second kappa shape index (κ2) is 11.6. The molecule has 4 aromatic rings. The first-order chi connectivity index (χ1) is 19.2. The van der Waals surface area contributed by atoms with Gasteiger partial charge in [-0.1, -0.05) is 42.5 Å². The van der Waals surface area contributed by atoms with Crippen LogP contribution in [-0.4, -0.2) is 51.9 Å². The third-order valence-corrected chi connectivity index (χ3v) is 6.85. The normalized spacial score (nSPS) is 16.6. The number of amides is 1. The van der Waals surface area contributed by atoms with Crippen LogP contribution in [0.15, 0.2) is 84.3 Å². The Morgan fingerprint density at radius 2 is 1.97 bits per heavy atom. The first-order valence-electron chi connectivity index (χ1n) is 13.5. The molecule has 2 aromatic heterocycles. The highest BCUT2D eigenvalue weighted by atomic mass is 16.5. The summed E-state index contributed by atoms with van der Waals surface area (Å²) >= 11 is 0. The van der Waals surface area contributed by atoms with Gasteiger partial charge in [-0.25, -0.2) is 15.0 Å². The number of aromatic nitrogens is 3. The van der Waals surface area contributed by atoms with Crippen molar-refractivity contribution in [2.45, 2.75) is 38.2 Å². The number of carbonyl (C=O) groups excluding carboxylic acids is 1. The molecule has 3 heterocycles. The molecule has 8 nitrogen and oxygen atoms in total. The minimum absolute atomic E-state index is 0.182. The minimum Gasteiger partial charge on any atom is -0.500 e. The lowest BCUT2D eigenvalue weighted by Gasteiger charge is -2.11. The van der Waals surface area contributed by atoms with Crippen molar-refractivity contribution in [1.29, 1.82) is 0 Å². The Kier molecular flexibility index (Phi) is 7.45. The molecule has 39 heavy (non-hydrogen) atoms. The van der Waals surface area contributed by atoms with E-state index in [1.54, 1.807) is 6.26 Å². The van der Waals surface area contributed by atoms with Crippen molar-refractivity contribution in [2.24, 2.45) is 4.99 Å². The van der Waals surface area contributed by atoms with Gasteiger partial charge < -0.3 is 14.8 Å². The number of hydrogen-bond donors (Lipinski definition) is 1. The number of benzene rings is 2. The number of aliphatic imine (C=N–C) groups is 1. The van der Waals surface area contributed by atoms with E-state index in [0.29, 0.717) is 30.6 Å². The number of anilines is 1. The molecule has 1 unspecified atom stereocenters. The molecule has 2 aliphatic rings. The highest BCUT2D eigenvalue weighted by Gasteiger charge is 2.17. The SMILES string of the molecule is O=C(N=C1CC1)c1ccc(-c2cnc3c(NCCO/C=C/CC4CCCO4)nc(-c4ccccc4)cn23)cc1. The van der Waals surface area contributed by atoms with E-state index in [2.05, 4.69) is 15.3 Å². The molecule has 1 saturated heterocycles. The average molecular weight is 522 g/mol. The Balaban J connectivity index is 1.21. The number of ether oxygens (including phenoxy) is 2. The van der Waals surface area contributed by atoms with E-state index in [4.69, 9.17) is 14.5 Å². The summed E-state index contributed by atoms with van der Waals surface area (Å²) in [6.07, 6.45) is 12.9. The Hall–Kier alpha value is -4.30. The van der Waals surface area contributed by atoms with Crippen molar-refractivity contribution < 1.29 is 14.3 Å².